The van der Waals surface area contributed by atoms with E-state index in [-0.39, 0.29) is 10.3 Å². The van der Waals surface area contributed by atoms with Crippen LogP contribution in [0.3, 0.4) is 0 Å². The van der Waals surface area contributed by atoms with E-state index >= 15 is 0 Å². The molecule has 166 valence electrons. The highest BCUT2D eigenvalue weighted by atomic mass is 32.2. The Morgan fingerprint density at radius 3 is 2.57 bits per heavy atom. The predicted octanol–water partition coefficient (Wildman–Crippen LogP) is 5.12. The molecule has 1 amide bonds. The lowest BCUT2D eigenvalue weighted by Crippen LogP contribution is -2.35. The Kier molecular flexibility index (Phi) is 6.20. The predicted molar refractivity (Wildman–Crippen MR) is 109 cm³/mol. The Labute approximate surface area is 175 Å². The third kappa shape index (κ3) is 4.34. The topological polar surface area (TPSA) is 63.6 Å². The van der Waals surface area contributed by atoms with Gasteiger partial charge in [-0.05, 0) is 67.2 Å². The van der Waals surface area contributed by atoms with Crippen LogP contribution in [0.2, 0.25) is 0 Å². The van der Waals surface area contributed by atoms with Crippen LogP contribution >= 0.6 is 0 Å². The van der Waals surface area contributed by atoms with Gasteiger partial charge in [-0.25, -0.2) is 4.21 Å². The average molecular weight is 444 g/mol. The summed E-state index contributed by atoms with van der Waals surface area (Å²) >= 11 is 0. The molecule has 0 saturated heterocycles. The van der Waals surface area contributed by atoms with Crippen LogP contribution in [0.4, 0.5) is 13.2 Å². The molecule has 8 heteroatoms. The molecule has 30 heavy (non-hydrogen) atoms. The van der Waals surface area contributed by atoms with Crippen molar-refractivity contribution in [2.75, 3.05) is 6.26 Å². The summed E-state index contributed by atoms with van der Waals surface area (Å²) < 4.78 is 53.2. The van der Waals surface area contributed by atoms with Crippen molar-refractivity contribution in [3.8, 4) is 0 Å². The van der Waals surface area contributed by atoms with Crippen molar-refractivity contribution in [3.05, 3.63) is 29.3 Å². The second-order valence-electron chi connectivity index (χ2n) is 8.87. The van der Waals surface area contributed by atoms with E-state index in [1.807, 2.05) is 0 Å². The van der Waals surface area contributed by atoms with E-state index in [4.69, 9.17) is 0 Å². The fourth-order valence-electron chi connectivity index (χ4n) is 5.30. The van der Waals surface area contributed by atoms with Crippen molar-refractivity contribution in [2.45, 2.75) is 69.9 Å². The quantitative estimate of drug-likeness (QED) is 0.649. The number of ketones is 1. The van der Waals surface area contributed by atoms with E-state index in [1.165, 1.54) is 6.07 Å². The Balaban J connectivity index is 1.84. The van der Waals surface area contributed by atoms with Gasteiger partial charge in [-0.2, -0.15) is 13.2 Å². The molecule has 0 spiro atoms. The third-order valence-electron chi connectivity index (χ3n) is 6.86. The number of rotatable bonds is 4. The minimum Gasteiger partial charge on any atom is -0.299 e. The zero-order valence-electron chi connectivity index (χ0n) is 17.6. The molecule has 0 aliphatic heterocycles. The Bertz CT molecular complexity index is 978. The second-order valence-corrected chi connectivity index (χ2v) is 11.1. The fourth-order valence-corrected chi connectivity index (χ4v) is 6.51. The fraction of sp³-hybridized carbons (Fsp3) is 0.636. The minimum absolute atomic E-state index is 0.143. The van der Waals surface area contributed by atoms with Gasteiger partial charge in [0.1, 0.15) is 5.78 Å². The standard InChI is InChI=1S/C22H28F3NO3S/c1-4-11-21(2)18(9-10-19(21)27)16-6-5-15-13-17(8-7-14(15)12-16)30(3,29)26-20(28)22(23,24)25/h7-8,13,16,18H,4-6,9-12H2,1-3H3/t16-,18+,21+,30?/m1/s1. The largest absolute Gasteiger partial charge is 0.474 e. The van der Waals surface area contributed by atoms with Crippen LogP contribution in [0.25, 0.3) is 0 Å². The van der Waals surface area contributed by atoms with E-state index in [9.17, 15) is 27.0 Å². The smallest absolute Gasteiger partial charge is 0.299 e. The van der Waals surface area contributed by atoms with Crippen molar-refractivity contribution in [1.29, 1.82) is 0 Å². The van der Waals surface area contributed by atoms with Crippen molar-refractivity contribution in [1.82, 2.24) is 0 Å². The number of halogens is 3. The summed E-state index contributed by atoms with van der Waals surface area (Å²) in [5.74, 6) is -1.24. The SMILES string of the molecule is CCC[C@]1(C)C(=O)CC[C@H]1[C@@H]1CCc2cc(S(C)(=O)=NC(=O)C(F)(F)F)ccc2C1. The maximum absolute atomic E-state index is 12.7. The van der Waals surface area contributed by atoms with Crippen LogP contribution in [0.1, 0.15) is 57.1 Å². The zero-order valence-corrected chi connectivity index (χ0v) is 18.4. The first-order valence-electron chi connectivity index (χ1n) is 10.4. The molecule has 0 radical (unpaired) electrons. The van der Waals surface area contributed by atoms with E-state index in [0.29, 0.717) is 30.5 Å². The molecule has 0 bridgehead atoms. The highest BCUT2D eigenvalue weighted by molar-refractivity contribution is 7.93. The van der Waals surface area contributed by atoms with E-state index in [0.717, 1.165) is 49.5 Å². The number of hydrogen-bond donors (Lipinski definition) is 0. The summed E-state index contributed by atoms with van der Waals surface area (Å²) in [6.45, 7) is 4.20. The Hall–Kier alpha value is -1.70. The molecule has 0 aromatic heterocycles. The van der Waals surface area contributed by atoms with Gasteiger partial charge in [0.05, 0.1) is 9.73 Å². The molecule has 2 aliphatic carbocycles. The Morgan fingerprint density at radius 2 is 1.93 bits per heavy atom. The van der Waals surface area contributed by atoms with Crippen molar-refractivity contribution in [3.63, 3.8) is 0 Å². The molecular formula is C22H28F3NO3S. The summed E-state index contributed by atoms with van der Waals surface area (Å²) in [4.78, 5) is 23.9. The minimum atomic E-state index is -5.13. The highest BCUT2D eigenvalue weighted by Gasteiger charge is 2.48. The van der Waals surface area contributed by atoms with Gasteiger partial charge in [0, 0.05) is 23.0 Å². The lowest BCUT2D eigenvalue weighted by Gasteiger charge is -2.38. The monoisotopic (exact) mass is 443 g/mol. The third-order valence-corrected chi connectivity index (χ3v) is 8.50. The summed E-state index contributed by atoms with van der Waals surface area (Å²) in [5.41, 5.74) is 1.74. The molecule has 2 aliphatic rings. The van der Waals surface area contributed by atoms with Crippen molar-refractivity contribution >= 4 is 21.4 Å². The number of benzene rings is 1. The van der Waals surface area contributed by atoms with Crippen LogP contribution in [0.5, 0.6) is 0 Å². The summed E-state index contributed by atoms with van der Waals surface area (Å²) in [6, 6.07) is 4.94. The average Bonchev–Trinajstić information content (AvgIpc) is 2.94. The lowest BCUT2D eigenvalue weighted by atomic mass is 9.65. The van der Waals surface area contributed by atoms with Gasteiger partial charge in [-0.3, -0.25) is 9.59 Å². The molecular weight excluding hydrogens is 415 g/mol. The van der Waals surface area contributed by atoms with Crippen LogP contribution in [0.15, 0.2) is 27.5 Å². The number of Topliss-reactive ketones (excluding diaryl/α,β-unsaturated/α-hetero) is 1. The van der Waals surface area contributed by atoms with E-state index < -0.39 is 21.8 Å². The van der Waals surface area contributed by atoms with Crippen molar-refractivity contribution < 1.29 is 27.0 Å². The van der Waals surface area contributed by atoms with Gasteiger partial charge in [0.2, 0.25) is 0 Å². The molecule has 3 rings (SSSR count). The van der Waals surface area contributed by atoms with Gasteiger partial charge >= 0.3 is 12.1 Å². The number of carbonyl (C=O) groups is 2. The van der Waals surface area contributed by atoms with Gasteiger partial charge in [-0.1, -0.05) is 26.3 Å². The van der Waals surface area contributed by atoms with Crippen LogP contribution in [0, 0.1) is 17.3 Å². The summed E-state index contributed by atoms with van der Waals surface area (Å²) in [5, 5.41) is 0. The number of aryl methyl sites for hydroxylation is 1. The molecule has 4 atom stereocenters. The molecule has 0 N–H and O–H groups in total. The van der Waals surface area contributed by atoms with Gasteiger partial charge < -0.3 is 0 Å². The molecule has 1 unspecified atom stereocenters. The number of hydrogen-bond acceptors (Lipinski definition) is 3. The molecule has 1 fully saturated rings. The van der Waals surface area contributed by atoms with Crippen molar-refractivity contribution in [2.24, 2.45) is 21.6 Å². The highest BCUT2D eigenvalue weighted by Crippen LogP contribution is 2.50. The maximum atomic E-state index is 12.7. The summed E-state index contributed by atoms with van der Waals surface area (Å²) in [6.07, 6.45) is 1.73. The van der Waals surface area contributed by atoms with Gasteiger partial charge in [0.15, 0.2) is 0 Å². The van der Waals surface area contributed by atoms with Crippen LogP contribution in [-0.4, -0.2) is 28.3 Å². The molecule has 1 aromatic rings. The molecule has 4 nitrogen and oxygen atoms in total. The number of carbonyl (C=O) groups excluding carboxylic acids is 2. The van der Waals surface area contributed by atoms with E-state index in [1.54, 1.807) is 12.1 Å². The molecule has 0 heterocycles. The number of fused-ring (bicyclic) bond motifs is 1. The maximum Gasteiger partial charge on any atom is 0.474 e. The number of nitrogens with zero attached hydrogens (tertiary/aromatic N) is 1. The first-order valence-corrected chi connectivity index (χ1v) is 12.3. The van der Waals surface area contributed by atoms with Gasteiger partial charge in [0.25, 0.3) is 0 Å². The number of alkyl halides is 3. The normalized spacial score (nSPS) is 28.7. The van der Waals surface area contributed by atoms with Gasteiger partial charge in [-0.15, -0.1) is 4.36 Å². The lowest BCUT2D eigenvalue weighted by molar-refractivity contribution is -0.169. The Morgan fingerprint density at radius 1 is 1.23 bits per heavy atom. The first kappa shape index (κ1) is 23.0. The molecule has 1 aromatic carbocycles. The molecule has 1 saturated carbocycles. The zero-order chi connectivity index (χ0) is 22.3. The number of amides is 1. The summed E-state index contributed by atoms with van der Waals surface area (Å²) in [7, 11) is -3.48. The van der Waals surface area contributed by atoms with Crippen LogP contribution in [-0.2, 0) is 32.2 Å². The van der Waals surface area contributed by atoms with E-state index in [2.05, 4.69) is 18.2 Å². The first-order chi connectivity index (χ1) is 13.9. The van der Waals surface area contributed by atoms with Crippen LogP contribution < -0.4 is 0 Å². The second kappa shape index (κ2) is 8.09.